The van der Waals surface area contributed by atoms with Crippen molar-refractivity contribution >= 4 is 33.6 Å². The van der Waals surface area contributed by atoms with E-state index in [9.17, 15) is 43.5 Å². The second-order valence-electron chi connectivity index (χ2n) is 31.1. The van der Waals surface area contributed by atoms with Crippen molar-refractivity contribution in [1.82, 2.24) is 0 Å². The molecule has 0 aromatic heterocycles. The third-order valence-corrected chi connectivity index (χ3v) is 21.6. The van der Waals surface area contributed by atoms with Crippen molar-refractivity contribution in [3.05, 3.63) is 158 Å². The van der Waals surface area contributed by atoms with E-state index in [1.54, 1.807) is 0 Å². The number of phosphoric acid groups is 2. The van der Waals surface area contributed by atoms with Crippen LogP contribution in [0.4, 0.5) is 0 Å². The zero-order valence-corrected chi connectivity index (χ0v) is 75.9. The van der Waals surface area contributed by atoms with Crippen LogP contribution in [-0.2, 0) is 55.8 Å². The number of carbonyl (C=O) groups excluding carboxylic acids is 3. The van der Waals surface area contributed by atoms with Gasteiger partial charge in [-0.25, -0.2) is 9.13 Å². The number of ether oxygens (including phenoxy) is 3. The Morgan fingerprint density at radius 2 is 0.453 bits per heavy atom. The van der Waals surface area contributed by atoms with Crippen LogP contribution in [0, 0.1) is 0 Å². The Kier molecular flexibility index (Phi) is 86.7. The average Bonchev–Trinajstić information content (AvgIpc) is 0.924. The Labute approximate surface area is 714 Å². The third kappa shape index (κ3) is 91.7. The van der Waals surface area contributed by atoms with Crippen LogP contribution >= 0.6 is 15.6 Å². The highest BCUT2D eigenvalue weighted by Gasteiger charge is 2.29. The Balaban J connectivity index is 4.58. The summed E-state index contributed by atoms with van der Waals surface area (Å²) in [5, 5.41) is 20.7. The van der Waals surface area contributed by atoms with Crippen LogP contribution in [-0.4, -0.2) is 95.9 Å². The predicted molar refractivity (Wildman–Crippen MR) is 491 cm³/mol. The molecule has 0 aliphatic carbocycles. The van der Waals surface area contributed by atoms with E-state index in [1.165, 1.54) is 167 Å². The summed E-state index contributed by atoms with van der Waals surface area (Å²) >= 11 is 0. The molecule has 0 aromatic carbocycles. The number of allylic oxidation sites excluding steroid dienone is 26. The lowest BCUT2D eigenvalue weighted by molar-refractivity contribution is -0.161. The number of aliphatic hydroxyl groups excluding tert-OH is 2. The summed E-state index contributed by atoms with van der Waals surface area (Å²) in [7, 11) is -9.82. The van der Waals surface area contributed by atoms with E-state index >= 15 is 0 Å². The topological polar surface area (TPSA) is 231 Å². The minimum atomic E-state index is -4.95. The minimum Gasteiger partial charge on any atom is -0.463 e. The molecule has 0 amide bonds. The highest BCUT2D eigenvalue weighted by molar-refractivity contribution is 7.47. The van der Waals surface area contributed by atoms with Gasteiger partial charge in [-0.1, -0.05) is 378 Å². The highest BCUT2D eigenvalue weighted by atomic mass is 31.2. The second-order valence-corrected chi connectivity index (χ2v) is 34.0. The van der Waals surface area contributed by atoms with Crippen molar-refractivity contribution in [2.75, 3.05) is 39.6 Å². The fourth-order valence-corrected chi connectivity index (χ4v) is 14.2. The summed E-state index contributed by atoms with van der Waals surface area (Å²) < 4.78 is 61.5. The molecule has 18 heteroatoms. The molecule has 0 saturated heterocycles. The zero-order chi connectivity index (χ0) is 85.1. The first-order valence-electron chi connectivity index (χ1n) is 46.8. The van der Waals surface area contributed by atoms with Gasteiger partial charge in [0.15, 0.2) is 6.10 Å². The Morgan fingerprint density at radius 3 is 0.718 bits per heavy atom. The lowest BCUT2D eigenvalue weighted by atomic mass is 10.0. The average molecular weight is 1680 g/mol. The van der Waals surface area contributed by atoms with Gasteiger partial charge in [-0.15, -0.1) is 0 Å². The SMILES string of the molecule is CC/C=C\C/C=C\C/C=C\C/C=C\C/C=C\CCCCCCCCCCCC(=O)OCC(COP(=O)(O)OCC(O)COP(=O)(O)OCC(O)COC(=O)CCCCCCCCCCCCCCCCCCC/C=C\C/C=C\C/C=C\C/C=C\CCCCC)OC(=O)CCCCCCCCC/C=C\C/C=C\C/C=C\C/C=C\CCCCC. The Bertz CT molecular complexity index is 2760. The normalized spacial score (nSPS) is 14.5. The number of phosphoric ester groups is 2. The molecule has 4 N–H and O–H groups in total. The zero-order valence-electron chi connectivity index (χ0n) is 74.1. The maximum Gasteiger partial charge on any atom is 0.472 e. The first kappa shape index (κ1) is 112. The summed E-state index contributed by atoms with van der Waals surface area (Å²) in [6.45, 7) is 2.54. The van der Waals surface area contributed by atoms with Crippen molar-refractivity contribution in [2.24, 2.45) is 0 Å². The van der Waals surface area contributed by atoms with Crippen LogP contribution in [0.2, 0.25) is 0 Å². The van der Waals surface area contributed by atoms with Crippen LogP contribution < -0.4 is 0 Å². The number of rotatable bonds is 88. The minimum absolute atomic E-state index is 0.0869. The van der Waals surface area contributed by atoms with Crippen LogP contribution in [0.25, 0.3) is 0 Å². The number of hydrogen-bond acceptors (Lipinski definition) is 14. The number of aliphatic hydroxyl groups is 2. The molecule has 16 nitrogen and oxygen atoms in total. The van der Waals surface area contributed by atoms with E-state index in [0.717, 1.165) is 167 Å². The molecule has 0 bridgehead atoms. The quantitative estimate of drug-likeness (QED) is 0.0146. The van der Waals surface area contributed by atoms with Gasteiger partial charge in [0.2, 0.25) is 0 Å². The van der Waals surface area contributed by atoms with Crippen molar-refractivity contribution in [1.29, 1.82) is 0 Å². The van der Waals surface area contributed by atoms with Gasteiger partial charge in [-0.05, 0) is 154 Å². The first-order chi connectivity index (χ1) is 57.2. The Morgan fingerprint density at radius 1 is 0.248 bits per heavy atom. The van der Waals surface area contributed by atoms with Gasteiger partial charge in [-0.2, -0.15) is 0 Å². The number of unbranched alkanes of at least 4 members (excludes halogenated alkanes) is 39. The molecule has 117 heavy (non-hydrogen) atoms. The summed E-state index contributed by atoms with van der Waals surface area (Å²) in [5.41, 5.74) is 0. The Hall–Kier alpha value is -4.83. The molecule has 0 aliphatic heterocycles. The highest BCUT2D eigenvalue weighted by Crippen LogP contribution is 2.45. The molecule has 0 saturated carbocycles. The van der Waals surface area contributed by atoms with Crippen LogP contribution in [0.15, 0.2) is 158 Å². The van der Waals surface area contributed by atoms with Crippen molar-refractivity contribution < 1.29 is 75.8 Å². The number of hydrogen-bond donors (Lipinski definition) is 4. The lowest BCUT2D eigenvalue weighted by Gasteiger charge is -2.21. The van der Waals surface area contributed by atoms with Crippen molar-refractivity contribution in [3.8, 4) is 0 Å². The molecule has 0 spiro atoms. The molecule has 0 aliphatic rings. The molecule has 0 heterocycles. The van der Waals surface area contributed by atoms with Crippen LogP contribution in [0.3, 0.4) is 0 Å². The van der Waals surface area contributed by atoms with Gasteiger partial charge < -0.3 is 34.2 Å². The maximum atomic E-state index is 13.1. The van der Waals surface area contributed by atoms with Gasteiger partial charge in [0.1, 0.15) is 25.4 Å². The number of esters is 3. The molecule has 5 unspecified atom stereocenters. The first-order valence-corrected chi connectivity index (χ1v) is 49.8. The van der Waals surface area contributed by atoms with Gasteiger partial charge in [0.05, 0.1) is 26.4 Å². The van der Waals surface area contributed by atoms with Gasteiger partial charge in [0.25, 0.3) is 0 Å². The van der Waals surface area contributed by atoms with Gasteiger partial charge in [0, 0.05) is 19.3 Å². The van der Waals surface area contributed by atoms with E-state index in [1.807, 2.05) is 0 Å². The largest absolute Gasteiger partial charge is 0.472 e. The van der Waals surface area contributed by atoms with Gasteiger partial charge >= 0.3 is 33.6 Å². The van der Waals surface area contributed by atoms with E-state index in [4.69, 9.17) is 32.3 Å². The summed E-state index contributed by atoms with van der Waals surface area (Å²) in [6, 6.07) is 0. The van der Waals surface area contributed by atoms with Crippen molar-refractivity contribution in [3.63, 3.8) is 0 Å². The van der Waals surface area contributed by atoms with Crippen molar-refractivity contribution in [2.45, 2.75) is 411 Å². The fraction of sp³-hybridized carbons (Fsp3) is 0.707. The fourth-order valence-electron chi connectivity index (χ4n) is 12.6. The van der Waals surface area contributed by atoms with Crippen LogP contribution in [0.5, 0.6) is 0 Å². The monoisotopic (exact) mass is 1680 g/mol. The van der Waals surface area contributed by atoms with E-state index in [0.29, 0.717) is 19.3 Å². The molecule has 0 aromatic rings. The molecule has 0 rings (SSSR count). The smallest absolute Gasteiger partial charge is 0.463 e. The van der Waals surface area contributed by atoms with E-state index in [-0.39, 0.29) is 19.3 Å². The van der Waals surface area contributed by atoms with E-state index < -0.39 is 91.5 Å². The molecule has 5 atom stereocenters. The molecule has 0 radical (unpaired) electrons. The lowest BCUT2D eigenvalue weighted by Crippen LogP contribution is -2.30. The molecular weight excluding hydrogens is 1510 g/mol. The summed E-state index contributed by atoms with van der Waals surface area (Å²) in [5.74, 6) is -1.59. The van der Waals surface area contributed by atoms with Gasteiger partial charge in [-0.3, -0.25) is 32.5 Å². The maximum absolute atomic E-state index is 13.1. The second kappa shape index (κ2) is 90.4. The molecule has 0 fully saturated rings. The third-order valence-electron chi connectivity index (χ3n) is 19.7. The molecule has 672 valence electrons. The van der Waals surface area contributed by atoms with Crippen LogP contribution in [0.1, 0.15) is 393 Å². The molecular formula is C99H170O16P2. The summed E-state index contributed by atoms with van der Waals surface area (Å²) in [4.78, 5) is 59.0. The standard InChI is InChI=1S/C99H170O16P2/c1-4-7-10-13-16-19-22-25-28-31-34-37-40-42-43-44-45-46-47-48-49-51-54-55-58-61-64-67-70-73-76-79-82-85-97(102)109-88-94(100)89-111-116(105,106)112-90-95(101)91-113-117(107,108)114-93-96(115-99(104)87-84-81-78-75-72-69-66-63-60-57-52-39-36-33-30-27-24-21-18-15-12-9-6-3)92-110-98(103)86-83-80-77-74-71-68-65-62-59-56-53-50-41-38-35-32-29-26-23-20-17-14-11-8-5-2/h8,11,16-21,25-30,34-39,42-43,50,53,57,60,94-96,100-101H,4-7,9-10,12-15,22-24,31-33,40-41,44-49,51-52,54-56,58-59,61-93H2,1-3H3,(H,105,106)(H,107,108)/b11-8-,19-16-,20-17-,21-18-,28-25-,29-26-,30-27-,37-34-,38-35-,39-36-,43-42-,53-50-,60-57-. The van der Waals surface area contributed by atoms with E-state index in [2.05, 4.69) is 179 Å². The summed E-state index contributed by atoms with van der Waals surface area (Å²) in [6.07, 6.45) is 116. The predicted octanol–water partition coefficient (Wildman–Crippen LogP) is 28.9. The number of carbonyl (C=O) groups is 3.